The van der Waals surface area contributed by atoms with Crippen molar-refractivity contribution in [1.29, 1.82) is 0 Å². The third kappa shape index (κ3) is 3.23. The predicted octanol–water partition coefficient (Wildman–Crippen LogP) is 3.88. The van der Waals surface area contributed by atoms with Crippen molar-refractivity contribution in [3.63, 3.8) is 0 Å². The maximum Gasteiger partial charge on any atom is 0.262 e. The molecule has 0 aliphatic carbocycles. The van der Waals surface area contributed by atoms with Crippen molar-refractivity contribution in [2.24, 2.45) is 0 Å². The second-order valence-corrected chi connectivity index (χ2v) is 6.70. The molecule has 0 aliphatic rings. The van der Waals surface area contributed by atoms with Gasteiger partial charge >= 0.3 is 0 Å². The molecule has 7 heteroatoms. The molecule has 0 saturated carbocycles. The summed E-state index contributed by atoms with van der Waals surface area (Å²) in [5, 5.41) is 3.95. The third-order valence-electron chi connectivity index (χ3n) is 3.22. The SMILES string of the molecule is O=S(=O)(Nc1c(-c2ccccc2)noc1CCl)c1ccccc1. The zero-order valence-corrected chi connectivity index (χ0v) is 13.5. The first kappa shape index (κ1) is 15.6. The summed E-state index contributed by atoms with van der Waals surface area (Å²) in [4.78, 5) is 0.153. The lowest BCUT2D eigenvalue weighted by Crippen LogP contribution is -2.14. The average Bonchev–Trinajstić information content (AvgIpc) is 2.98. The quantitative estimate of drug-likeness (QED) is 0.710. The fraction of sp³-hybridized carbons (Fsp3) is 0.0625. The Morgan fingerprint density at radius 1 is 1.00 bits per heavy atom. The van der Waals surface area contributed by atoms with E-state index >= 15 is 0 Å². The first-order valence-corrected chi connectivity index (χ1v) is 8.81. The molecular weight excluding hydrogens is 336 g/mol. The minimum atomic E-state index is -3.75. The van der Waals surface area contributed by atoms with Crippen molar-refractivity contribution in [2.45, 2.75) is 10.8 Å². The van der Waals surface area contributed by atoms with Crippen molar-refractivity contribution >= 4 is 27.3 Å². The van der Waals surface area contributed by atoms with Crippen LogP contribution in [0.2, 0.25) is 0 Å². The van der Waals surface area contributed by atoms with E-state index in [-0.39, 0.29) is 22.2 Å². The number of nitrogens with zero attached hydrogens (tertiary/aromatic N) is 1. The van der Waals surface area contributed by atoms with Gasteiger partial charge in [-0.25, -0.2) is 8.42 Å². The maximum absolute atomic E-state index is 12.5. The molecule has 1 heterocycles. The van der Waals surface area contributed by atoms with E-state index < -0.39 is 10.0 Å². The van der Waals surface area contributed by atoms with E-state index in [1.54, 1.807) is 18.2 Å². The average molecular weight is 349 g/mol. The minimum absolute atomic E-state index is 0.00643. The summed E-state index contributed by atoms with van der Waals surface area (Å²) in [5.74, 6) is 0.275. The number of alkyl halides is 1. The first-order valence-electron chi connectivity index (χ1n) is 6.79. The highest BCUT2D eigenvalue weighted by Crippen LogP contribution is 2.33. The van der Waals surface area contributed by atoms with Crippen LogP contribution >= 0.6 is 11.6 Å². The molecule has 2 aromatic carbocycles. The topological polar surface area (TPSA) is 72.2 Å². The molecule has 0 atom stereocenters. The zero-order valence-electron chi connectivity index (χ0n) is 11.9. The molecule has 5 nitrogen and oxygen atoms in total. The largest absolute Gasteiger partial charge is 0.357 e. The second-order valence-electron chi connectivity index (χ2n) is 4.75. The molecule has 0 amide bonds. The Hall–Kier alpha value is -2.31. The monoisotopic (exact) mass is 348 g/mol. The molecule has 1 N–H and O–H groups in total. The van der Waals surface area contributed by atoms with Gasteiger partial charge in [-0.3, -0.25) is 4.72 Å². The highest BCUT2D eigenvalue weighted by atomic mass is 35.5. The van der Waals surface area contributed by atoms with Gasteiger partial charge in [-0.2, -0.15) is 0 Å². The highest BCUT2D eigenvalue weighted by molar-refractivity contribution is 7.92. The second kappa shape index (κ2) is 6.44. The van der Waals surface area contributed by atoms with Gasteiger partial charge in [0.2, 0.25) is 0 Å². The lowest BCUT2D eigenvalue weighted by Gasteiger charge is -2.08. The molecule has 0 aliphatic heterocycles. The maximum atomic E-state index is 12.5. The molecular formula is C16H13ClN2O3S. The summed E-state index contributed by atoms with van der Waals surface area (Å²) >= 11 is 5.84. The zero-order chi connectivity index (χ0) is 16.3. The molecule has 0 fully saturated rings. The number of hydrogen-bond acceptors (Lipinski definition) is 4. The molecule has 0 bridgehead atoms. The van der Waals surface area contributed by atoms with Crippen molar-refractivity contribution in [1.82, 2.24) is 5.16 Å². The van der Waals surface area contributed by atoms with E-state index in [0.29, 0.717) is 5.69 Å². The summed E-state index contributed by atoms with van der Waals surface area (Å²) in [6, 6.07) is 17.2. The number of halogens is 1. The fourth-order valence-electron chi connectivity index (χ4n) is 2.11. The number of sulfonamides is 1. The van der Waals surface area contributed by atoms with Gasteiger partial charge in [0.25, 0.3) is 10.0 Å². The van der Waals surface area contributed by atoms with E-state index in [1.807, 2.05) is 30.3 Å². The van der Waals surface area contributed by atoms with Gasteiger partial charge in [-0.05, 0) is 12.1 Å². The summed E-state index contributed by atoms with van der Waals surface area (Å²) < 4.78 is 32.8. The Balaban J connectivity index is 2.05. The molecule has 23 heavy (non-hydrogen) atoms. The van der Waals surface area contributed by atoms with Crippen LogP contribution in [-0.2, 0) is 15.9 Å². The van der Waals surface area contributed by atoms with Gasteiger partial charge in [-0.15, -0.1) is 11.6 Å². The lowest BCUT2D eigenvalue weighted by atomic mass is 10.1. The van der Waals surface area contributed by atoms with Crippen molar-refractivity contribution < 1.29 is 12.9 Å². The van der Waals surface area contributed by atoms with Crippen LogP contribution in [0.1, 0.15) is 5.76 Å². The fourth-order valence-corrected chi connectivity index (χ4v) is 3.40. The van der Waals surface area contributed by atoms with Crippen molar-refractivity contribution in [3.8, 4) is 11.3 Å². The van der Waals surface area contributed by atoms with Gasteiger partial charge in [0.15, 0.2) is 5.76 Å². The summed E-state index contributed by atoms with van der Waals surface area (Å²) in [7, 11) is -3.75. The van der Waals surface area contributed by atoms with Gasteiger partial charge < -0.3 is 4.52 Å². The van der Waals surface area contributed by atoms with Gasteiger partial charge in [0.05, 0.1) is 10.8 Å². The van der Waals surface area contributed by atoms with Crippen molar-refractivity contribution in [2.75, 3.05) is 4.72 Å². The Bertz CT molecular complexity index is 894. The number of rotatable bonds is 5. The molecule has 0 radical (unpaired) electrons. The standard InChI is InChI=1S/C16H13ClN2O3S/c17-11-14-16(15(18-22-14)12-7-3-1-4-8-12)19-23(20,21)13-9-5-2-6-10-13/h1-10,19H,11H2. The van der Waals surface area contributed by atoms with Crippen LogP contribution < -0.4 is 4.72 Å². The predicted molar refractivity (Wildman–Crippen MR) is 88.7 cm³/mol. The minimum Gasteiger partial charge on any atom is -0.357 e. The van der Waals surface area contributed by atoms with Crippen LogP contribution in [0.3, 0.4) is 0 Å². The van der Waals surface area contributed by atoms with Crippen LogP contribution in [0.4, 0.5) is 5.69 Å². The van der Waals surface area contributed by atoms with E-state index in [9.17, 15) is 8.42 Å². The van der Waals surface area contributed by atoms with E-state index in [2.05, 4.69) is 9.88 Å². The van der Waals surface area contributed by atoms with Crippen LogP contribution in [0.15, 0.2) is 70.1 Å². The van der Waals surface area contributed by atoms with Crippen molar-refractivity contribution in [3.05, 3.63) is 66.4 Å². The van der Waals surface area contributed by atoms with E-state index in [1.165, 1.54) is 12.1 Å². The number of benzene rings is 2. The third-order valence-corrected chi connectivity index (χ3v) is 4.83. The molecule has 3 rings (SSSR count). The Morgan fingerprint density at radius 2 is 1.61 bits per heavy atom. The summed E-state index contributed by atoms with van der Waals surface area (Å²) in [6.45, 7) is 0. The van der Waals surface area contributed by atoms with E-state index in [0.717, 1.165) is 5.56 Å². The van der Waals surface area contributed by atoms with Crippen LogP contribution in [-0.4, -0.2) is 13.6 Å². The Labute approximate surface area is 138 Å². The summed E-state index contributed by atoms with van der Waals surface area (Å²) in [6.07, 6.45) is 0. The number of aromatic nitrogens is 1. The molecule has 3 aromatic rings. The van der Waals surface area contributed by atoms with Crippen LogP contribution in [0.25, 0.3) is 11.3 Å². The number of nitrogens with one attached hydrogen (secondary N) is 1. The van der Waals surface area contributed by atoms with Crippen LogP contribution in [0, 0.1) is 0 Å². The Morgan fingerprint density at radius 3 is 2.22 bits per heavy atom. The van der Waals surface area contributed by atoms with Gasteiger partial charge in [0.1, 0.15) is 11.4 Å². The lowest BCUT2D eigenvalue weighted by molar-refractivity contribution is 0.397. The van der Waals surface area contributed by atoms with Crippen LogP contribution in [0.5, 0.6) is 0 Å². The molecule has 0 saturated heterocycles. The molecule has 118 valence electrons. The molecule has 0 unspecified atom stereocenters. The van der Waals surface area contributed by atoms with Gasteiger partial charge in [0, 0.05) is 5.56 Å². The normalized spacial score (nSPS) is 11.3. The first-order chi connectivity index (χ1) is 11.1. The van der Waals surface area contributed by atoms with Gasteiger partial charge in [-0.1, -0.05) is 53.7 Å². The summed E-state index contributed by atoms with van der Waals surface area (Å²) in [5.41, 5.74) is 1.40. The number of hydrogen-bond donors (Lipinski definition) is 1. The molecule has 0 spiro atoms. The highest BCUT2D eigenvalue weighted by Gasteiger charge is 2.23. The Kier molecular flexibility index (Phi) is 4.36. The molecule has 1 aromatic heterocycles. The number of anilines is 1. The van der Waals surface area contributed by atoms with E-state index in [4.69, 9.17) is 16.1 Å². The smallest absolute Gasteiger partial charge is 0.262 e.